The Balaban J connectivity index is 3.05. The van der Waals surface area contributed by atoms with Gasteiger partial charge in [-0.2, -0.15) is 12.6 Å². The minimum Gasteiger partial charge on any atom is -0.327 e. The largest absolute Gasteiger partial charge is 0.327 e. The summed E-state index contributed by atoms with van der Waals surface area (Å²) in [4.78, 5) is 0. The predicted octanol–water partition coefficient (Wildman–Crippen LogP) is 2.71. The van der Waals surface area contributed by atoms with Crippen LogP contribution in [0.1, 0.15) is 40.5 Å². The molecular weight excluding hydrogens is 178 g/mol. The Labute approximate surface area is 87.9 Å². The topological polar surface area (TPSA) is 26.0 Å². The summed E-state index contributed by atoms with van der Waals surface area (Å²) in [5.41, 5.74) is 6.83. The van der Waals surface area contributed by atoms with E-state index in [4.69, 9.17) is 5.73 Å². The maximum absolute atomic E-state index is 6.25. The molecule has 2 N–H and O–H groups in total. The zero-order valence-corrected chi connectivity index (χ0v) is 10.2. The van der Waals surface area contributed by atoms with Gasteiger partial charge in [0.2, 0.25) is 0 Å². The molecule has 1 saturated carbocycles. The molecule has 3 atom stereocenters. The molecule has 1 fully saturated rings. The van der Waals surface area contributed by atoms with Crippen molar-refractivity contribution in [2.45, 2.75) is 46.6 Å². The SMILES string of the molecule is CCC1(CS)C(N)CC(C)C1(C)C. The van der Waals surface area contributed by atoms with Crippen LogP contribution < -0.4 is 5.73 Å². The number of nitrogens with two attached hydrogens (primary N) is 1. The van der Waals surface area contributed by atoms with Crippen LogP contribution in [-0.4, -0.2) is 11.8 Å². The number of thiol groups is 1. The van der Waals surface area contributed by atoms with Crippen LogP contribution in [0.5, 0.6) is 0 Å². The van der Waals surface area contributed by atoms with Gasteiger partial charge < -0.3 is 5.73 Å². The minimum absolute atomic E-state index is 0.246. The molecule has 1 aliphatic rings. The third-order valence-electron chi connectivity index (χ3n) is 4.75. The Morgan fingerprint density at radius 1 is 1.46 bits per heavy atom. The fourth-order valence-electron chi connectivity index (χ4n) is 3.02. The predicted molar refractivity (Wildman–Crippen MR) is 62.1 cm³/mol. The molecule has 0 bridgehead atoms. The molecule has 0 aromatic rings. The lowest BCUT2D eigenvalue weighted by molar-refractivity contribution is 0.0859. The second kappa shape index (κ2) is 3.47. The molecule has 0 aromatic carbocycles. The molecule has 3 unspecified atom stereocenters. The monoisotopic (exact) mass is 201 g/mol. The summed E-state index contributed by atoms with van der Waals surface area (Å²) in [6, 6.07) is 0.333. The zero-order valence-electron chi connectivity index (χ0n) is 9.30. The average molecular weight is 201 g/mol. The van der Waals surface area contributed by atoms with Crippen LogP contribution in [0.3, 0.4) is 0 Å². The third kappa shape index (κ3) is 1.33. The molecule has 1 nitrogen and oxygen atoms in total. The van der Waals surface area contributed by atoms with Crippen LogP contribution in [0.2, 0.25) is 0 Å². The van der Waals surface area contributed by atoms with Crippen molar-refractivity contribution in [3.63, 3.8) is 0 Å². The van der Waals surface area contributed by atoms with Crippen molar-refractivity contribution >= 4 is 12.6 Å². The second-order valence-electron chi connectivity index (χ2n) is 5.13. The lowest BCUT2D eigenvalue weighted by atomic mass is 9.63. The number of hydrogen-bond acceptors (Lipinski definition) is 2. The number of rotatable bonds is 2. The van der Waals surface area contributed by atoms with Crippen molar-refractivity contribution in [3.8, 4) is 0 Å². The van der Waals surface area contributed by atoms with Gasteiger partial charge in [-0.25, -0.2) is 0 Å². The fourth-order valence-corrected chi connectivity index (χ4v) is 3.89. The Morgan fingerprint density at radius 2 is 2.00 bits per heavy atom. The summed E-state index contributed by atoms with van der Waals surface area (Å²) < 4.78 is 0. The average Bonchev–Trinajstić information content (AvgIpc) is 2.21. The van der Waals surface area contributed by atoms with Crippen molar-refractivity contribution in [1.29, 1.82) is 0 Å². The van der Waals surface area contributed by atoms with Gasteiger partial charge >= 0.3 is 0 Å². The summed E-state index contributed by atoms with van der Waals surface area (Å²) in [6.07, 6.45) is 2.30. The highest BCUT2D eigenvalue weighted by molar-refractivity contribution is 7.80. The van der Waals surface area contributed by atoms with Crippen LogP contribution in [0.25, 0.3) is 0 Å². The quantitative estimate of drug-likeness (QED) is 0.660. The lowest BCUT2D eigenvalue weighted by Gasteiger charge is -2.44. The molecule has 0 aliphatic heterocycles. The highest BCUT2D eigenvalue weighted by Crippen LogP contribution is 2.57. The summed E-state index contributed by atoms with van der Waals surface area (Å²) in [5.74, 6) is 1.64. The molecule has 78 valence electrons. The maximum atomic E-state index is 6.25. The molecule has 0 amide bonds. The second-order valence-corrected chi connectivity index (χ2v) is 5.45. The highest BCUT2D eigenvalue weighted by atomic mass is 32.1. The van der Waals surface area contributed by atoms with Crippen LogP contribution in [0, 0.1) is 16.7 Å². The first-order valence-electron chi connectivity index (χ1n) is 5.28. The van der Waals surface area contributed by atoms with Gasteiger partial charge in [-0.15, -0.1) is 0 Å². The molecule has 0 radical (unpaired) electrons. The lowest BCUT2D eigenvalue weighted by Crippen LogP contribution is -2.46. The molecular formula is C11H23NS. The smallest absolute Gasteiger partial charge is 0.0111 e. The Morgan fingerprint density at radius 3 is 2.15 bits per heavy atom. The summed E-state index contributed by atoms with van der Waals surface area (Å²) in [6.45, 7) is 9.27. The van der Waals surface area contributed by atoms with Gasteiger partial charge in [-0.3, -0.25) is 0 Å². The first-order chi connectivity index (χ1) is 5.92. The summed E-state index contributed by atoms with van der Waals surface area (Å²) in [5, 5.41) is 0. The van der Waals surface area contributed by atoms with Crippen molar-refractivity contribution in [1.82, 2.24) is 0 Å². The van der Waals surface area contributed by atoms with Gasteiger partial charge in [0.1, 0.15) is 0 Å². The van der Waals surface area contributed by atoms with Crippen LogP contribution >= 0.6 is 12.6 Å². The fraction of sp³-hybridized carbons (Fsp3) is 1.00. The van der Waals surface area contributed by atoms with Crippen LogP contribution in [0.4, 0.5) is 0 Å². The van der Waals surface area contributed by atoms with E-state index in [0.717, 1.165) is 24.5 Å². The van der Waals surface area contributed by atoms with Gasteiger partial charge in [0, 0.05) is 6.04 Å². The van der Waals surface area contributed by atoms with Gasteiger partial charge in [0.25, 0.3) is 0 Å². The molecule has 0 saturated heterocycles. The van der Waals surface area contributed by atoms with E-state index < -0.39 is 0 Å². The molecule has 13 heavy (non-hydrogen) atoms. The van der Waals surface area contributed by atoms with Crippen molar-refractivity contribution in [2.75, 3.05) is 5.75 Å². The minimum atomic E-state index is 0.246. The van der Waals surface area contributed by atoms with Gasteiger partial charge in [0.05, 0.1) is 0 Å². The van der Waals surface area contributed by atoms with Gasteiger partial charge in [-0.1, -0.05) is 27.7 Å². The van der Waals surface area contributed by atoms with E-state index >= 15 is 0 Å². The van der Waals surface area contributed by atoms with E-state index in [1.54, 1.807) is 0 Å². The standard InChI is InChI=1S/C11H23NS/c1-5-11(7-13)9(12)6-8(2)10(11,3)4/h8-9,13H,5-7,12H2,1-4H3. The van der Waals surface area contributed by atoms with Crippen molar-refractivity contribution < 1.29 is 0 Å². The van der Waals surface area contributed by atoms with E-state index in [1.165, 1.54) is 0 Å². The van der Waals surface area contributed by atoms with Crippen LogP contribution in [0.15, 0.2) is 0 Å². The van der Waals surface area contributed by atoms with E-state index in [9.17, 15) is 0 Å². The third-order valence-corrected chi connectivity index (χ3v) is 5.31. The normalized spacial score (nSPS) is 43.8. The Hall–Kier alpha value is 0.310. The first kappa shape index (κ1) is 11.4. The van der Waals surface area contributed by atoms with Crippen molar-refractivity contribution in [2.24, 2.45) is 22.5 Å². The number of hydrogen-bond donors (Lipinski definition) is 2. The zero-order chi connectivity index (χ0) is 10.3. The van der Waals surface area contributed by atoms with E-state index in [2.05, 4.69) is 40.3 Å². The van der Waals surface area contributed by atoms with Gasteiger partial charge in [0.15, 0.2) is 0 Å². The first-order valence-corrected chi connectivity index (χ1v) is 5.92. The highest BCUT2D eigenvalue weighted by Gasteiger charge is 2.55. The molecule has 1 rings (SSSR count). The van der Waals surface area contributed by atoms with Gasteiger partial charge in [-0.05, 0) is 35.3 Å². The molecule has 0 spiro atoms. The maximum Gasteiger partial charge on any atom is 0.0111 e. The summed E-state index contributed by atoms with van der Waals surface area (Å²) >= 11 is 4.51. The van der Waals surface area contributed by atoms with Crippen LogP contribution in [-0.2, 0) is 0 Å². The molecule has 0 heterocycles. The molecule has 2 heteroatoms. The Kier molecular flexibility index (Phi) is 3.04. The Bertz CT molecular complexity index is 185. The van der Waals surface area contributed by atoms with E-state index in [0.29, 0.717) is 11.5 Å². The summed E-state index contributed by atoms with van der Waals surface area (Å²) in [7, 11) is 0. The van der Waals surface area contributed by atoms with E-state index in [1.807, 2.05) is 0 Å². The van der Waals surface area contributed by atoms with E-state index in [-0.39, 0.29) is 5.41 Å². The molecule has 0 aromatic heterocycles. The van der Waals surface area contributed by atoms with Crippen molar-refractivity contribution in [3.05, 3.63) is 0 Å². The molecule has 1 aliphatic carbocycles.